The highest BCUT2D eigenvalue weighted by Gasteiger charge is 1.99. The molecule has 0 amide bonds. The van der Waals surface area contributed by atoms with Crippen LogP contribution in [-0.4, -0.2) is 18.3 Å². The second kappa shape index (κ2) is 9.06. The summed E-state index contributed by atoms with van der Waals surface area (Å²) in [7, 11) is 0. The number of aryl methyl sites for hydroxylation is 1. The van der Waals surface area contributed by atoms with Crippen molar-refractivity contribution in [3.05, 3.63) is 29.8 Å². The van der Waals surface area contributed by atoms with Crippen molar-refractivity contribution in [3.8, 4) is 0 Å². The van der Waals surface area contributed by atoms with Crippen molar-refractivity contribution in [1.29, 1.82) is 0 Å². The molecule has 1 aromatic rings. The number of para-hydroxylation sites is 1. The normalized spacial score (nSPS) is 10.5. The number of hydrogen-bond acceptors (Lipinski definition) is 2. The molecule has 0 fully saturated rings. The molecule has 0 spiro atoms. The minimum absolute atomic E-state index is 0.326. The van der Waals surface area contributed by atoms with Crippen LogP contribution in [0.4, 0.5) is 5.69 Å². The zero-order valence-electron chi connectivity index (χ0n) is 10.9. The Morgan fingerprint density at radius 3 is 2.59 bits per heavy atom. The largest absolute Gasteiger partial charge is 0.396 e. The summed E-state index contributed by atoms with van der Waals surface area (Å²) >= 11 is 0. The Labute approximate surface area is 105 Å². The zero-order chi connectivity index (χ0) is 12.3. The molecule has 0 bridgehead atoms. The Hall–Kier alpha value is -1.02. The first-order valence-electron chi connectivity index (χ1n) is 6.81. The second-order valence-electron chi connectivity index (χ2n) is 4.47. The van der Waals surface area contributed by atoms with E-state index in [-0.39, 0.29) is 0 Å². The Bertz CT molecular complexity index is 299. The average molecular weight is 235 g/mol. The lowest BCUT2D eigenvalue weighted by Crippen LogP contribution is -2.04. The molecule has 0 heterocycles. The quantitative estimate of drug-likeness (QED) is 0.641. The molecular formula is C15H25NO. The third-order valence-electron chi connectivity index (χ3n) is 2.94. The van der Waals surface area contributed by atoms with Gasteiger partial charge in [-0.15, -0.1) is 0 Å². The zero-order valence-corrected chi connectivity index (χ0v) is 10.9. The summed E-state index contributed by atoms with van der Waals surface area (Å²) in [6.07, 6.45) is 6.79. The van der Waals surface area contributed by atoms with Crippen molar-refractivity contribution in [1.82, 2.24) is 0 Å². The Morgan fingerprint density at radius 1 is 1.06 bits per heavy atom. The number of unbranched alkanes of at least 4 members (excludes halogenated alkanes) is 3. The first kappa shape index (κ1) is 14.0. The van der Waals surface area contributed by atoms with Crippen LogP contribution in [0.25, 0.3) is 0 Å². The number of anilines is 1. The molecule has 0 atom stereocenters. The topological polar surface area (TPSA) is 32.3 Å². The van der Waals surface area contributed by atoms with E-state index in [2.05, 4.69) is 36.5 Å². The molecule has 1 rings (SSSR count). The smallest absolute Gasteiger partial charge is 0.0431 e. The average Bonchev–Trinajstić information content (AvgIpc) is 2.36. The van der Waals surface area contributed by atoms with Gasteiger partial charge in [0.1, 0.15) is 0 Å². The Balaban J connectivity index is 2.25. The summed E-state index contributed by atoms with van der Waals surface area (Å²) in [5.74, 6) is 0. The molecule has 0 aromatic heterocycles. The molecule has 0 saturated heterocycles. The van der Waals surface area contributed by atoms with E-state index in [1.54, 1.807) is 0 Å². The second-order valence-corrected chi connectivity index (χ2v) is 4.47. The maximum absolute atomic E-state index is 8.68. The molecule has 0 aliphatic heterocycles. The van der Waals surface area contributed by atoms with Crippen molar-refractivity contribution in [2.75, 3.05) is 18.5 Å². The molecule has 1 aromatic carbocycles. The van der Waals surface area contributed by atoms with Crippen LogP contribution in [0.15, 0.2) is 24.3 Å². The highest BCUT2D eigenvalue weighted by atomic mass is 16.2. The van der Waals surface area contributed by atoms with Crippen LogP contribution in [0.3, 0.4) is 0 Å². The van der Waals surface area contributed by atoms with Crippen molar-refractivity contribution in [2.24, 2.45) is 0 Å². The van der Waals surface area contributed by atoms with Gasteiger partial charge in [0.2, 0.25) is 0 Å². The van der Waals surface area contributed by atoms with Gasteiger partial charge in [0.25, 0.3) is 0 Å². The van der Waals surface area contributed by atoms with Gasteiger partial charge in [-0.1, -0.05) is 44.4 Å². The van der Waals surface area contributed by atoms with Gasteiger partial charge in [0, 0.05) is 18.8 Å². The predicted molar refractivity (Wildman–Crippen MR) is 74.5 cm³/mol. The van der Waals surface area contributed by atoms with Crippen LogP contribution in [0, 0.1) is 0 Å². The van der Waals surface area contributed by atoms with E-state index in [0.29, 0.717) is 6.61 Å². The van der Waals surface area contributed by atoms with Crippen LogP contribution in [0.5, 0.6) is 0 Å². The van der Waals surface area contributed by atoms with Gasteiger partial charge in [-0.2, -0.15) is 0 Å². The van der Waals surface area contributed by atoms with Crippen LogP contribution in [0.2, 0.25) is 0 Å². The van der Waals surface area contributed by atoms with E-state index in [9.17, 15) is 0 Å². The predicted octanol–water partition coefficient (Wildman–Crippen LogP) is 3.60. The molecule has 0 aliphatic carbocycles. The third kappa shape index (κ3) is 5.73. The van der Waals surface area contributed by atoms with Gasteiger partial charge in [-0.25, -0.2) is 0 Å². The van der Waals surface area contributed by atoms with E-state index < -0.39 is 0 Å². The van der Waals surface area contributed by atoms with Crippen LogP contribution in [0.1, 0.15) is 44.6 Å². The highest BCUT2D eigenvalue weighted by molar-refractivity contribution is 5.51. The summed E-state index contributed by atoms with van der Waals surface area (Å²) in [4.78, 5) is 0. The van der Waals surface area contributed by atoms with E-state index in [4.69, 9.17) is 5.11 Å². The summed E-state index contributed by atoms with van der Waals surface area (Å²) in [5.41, 5.74) is 2.71. The van der Waals surface area contributed by atoms with Crippen molar-refractivity contribution in [2.45, 2.75) is 45.4 Å². The maximum atomic E-state index is 8.68. The lowest BCUT2D eigenvalue weighted by molar-refractivity contribution is 0.283. The van der Waals surface area contributed by atoms with Crippen LogP contribution < -0.4 is 5.32 Å². The Kier molecular flexibility index (Phi) is 7.48. The van der Waals surface area contributed by atoms with Crippen molar-refractivity contribution < 1.29 is 5.11 Å². The number of nitrogens with one attached hydrogen (secondary N) is 1. The van der Waals surface area contributed by atoms with Gasteiger partial charge in [-0.3, -0.25) is 0 Å². The molecule has 17 heavy (non-hydrogen) atoms. The first-order valence-corrected chi connectivity index (χ1v) is 6.81. The molecule has 0 unspecified atom stereocenters. The van der Waals surface area contributed by atoms with Crippen LogP contribution >= 0.6 is 0 Å². The standard InChI is InChI=1S/C15H25NO/c1-2-9-14-10-5-6-11-15(14)16-12-7-3-4-8-13-17/h5-6,10-11,16-17H,2-4,7-9,12-13H2,1H3. The first-order chi connectivity index (χ1) is 8.38. The summed E-state index contributed by atoms with van der Waals surface area (Å²) in [5, 5.41) is 12.2. The van der Waals surface area contributed by atoms with E-state index >= 15 is 0 Å². The molecular weight excluding hydrogens is 210 g/mol. The molecule has 0 aliphatic rings. The molecule has 0 radical (unpaired) electrons. The van der Waals surface area contributed by atoms with E-state index in [1.165, 1.54) is 30.5 Å². The summed E-state index contributed by atoms with van der Waals surface area (Å²) in [6, 6.07) is 8.57. The van der Waals surface area contributed by atoms with E-state index in [1.807, 2.05) is 0 Å². The SMILES string of the molecule is CCCc1ccccc1NCCCCCCO. The molecule has 2 N–H and O–H groups in total. The number of rotatable bonds is 9. The summed E-state index contributed by atoms with van der Waals surface area (Å²) < 4.78 is 0. The molecule has 2 nitrogen and oxygen atoms in total. The number of aliphatic hydroxyl groups excluding tert-OH is 1. The van der Waals surface area contributed by atoms with Crippen LogP contribution in [-0.2, 0) is 6.42 Å². The lowest BCUT2D eigenvalue weighted by atomic mass is 10.1. The van der Waals surface area contributed by atoms with Gasteiger partial charge in [0.05, 0.1) is 0 Å². The van der Waals surface area contributed by atoms with Crippen molar-refractivity contribution >= 4 is 5.69 Å². The van der Waals surface area contributed by atoms with E-state index in [0.717, 1.165) is 25.8 Å². The monoisotopic (exact) mass is 235 g/mol. The lowest BCUT2D eigenvalue weighted by Gasteiger charge is -2.11. The molecule has 2 heteroatoms. The van der Waals surface area contributed by atoms with Gasteiger partial charge < -0.3 is 10.4 Å². The fourth-order valence-corrected chi connectivity index (χ4v) is 1.99. The van der Waals surface area contributed by atoms with Gasteiger partial charge in [-0.05, 0) is 30.9 Å². The fraction of sp³-hybridized carbons (Fsp3) is 0.600. The van der Waals surface area contributed by atoms with Crippen molar-refractivity contribution in [3.63, 3.8) is 0 Å². The minimum atomic E-state index is 0.326. The fourth-order valence-electron chi connectivity index (χ4n) is 1.99. The Morgan fingerprint density at radius 2 is 1.82 bits per heavy atom. The minimum Gasteiger partial charge on any atom is -0.396 e. The number of hydrogen-bond donors (Lipinski definition) is 2. The molecule has 0 saturated carbocycles. The third-order valence-corrected chi connectivity index (χ3v) is 2.94. The molecule has 96 valence electrons. The maximum Gasteiger partial charge on any atom is 0.0431 e. The number of aliphatic hydroxyl groups is 1. The van der Waals surface area contributed by atoms with Gasteiger partial charge >= 0.3 is 0 Å². The highest BCUT2D eigenvalue weighted by Crippen LogP contribution is 2.16. The summed E-state index contributed by atoms with van der Waals surface area (Å²) in [6.45, 7) is 3.57. The van der Waals surface area contributed by atoms with Gasteiger partial charge in [0.15, 0.2) is 0 Å². The number of benzene rings is 1.